The summed E-state index contributed by atoms with van der Waals surface area (Å²) in [5, 5.41) is 2.97. The number of rotatable bonds is 8. The Kier molecular flexibility index (Phi) is 8.64. The number of nitrogens with zero attached hydrogens (tertiary/aromatic N) is 1. The van der Waals surface area contributed by atoms with Crippen LogP contribution in [-0.4, -0.2) is 43.8 Å². The van der Waals surface area contributed by atoms with E-state index in [1.807, 2.05) is 89.8 Å². The molecule has 1 heterocycles. The number of fused-ring (bicyclic) bond motifs is 3. The van der Waals surface area contributed by atoms with Crippen LogP contribution in [0, 0.1) is 0 Å². The van der Waals surface area contributed by atoms with Crippen molar-refractivity contribution in [1.82, 2.24) is 10.2 Å². The summed E-state index contributed by atoms with van der Waals surface area (Å²) in [6.45, 7) is 0.626. The minimum atomic E-state index is -0.521. The highest BCUT2D eigenvalue weighted by Crippen LogP contribution is 2.44. The first-order valence-corrected chi connectivity index (χ1v) is 14.9. The zero-order chi connectivity index (χ0) is 30.5. The van der Waals surface area contributed by atoms with E-state index in [0.717, 1.165) is 33.8 Å². The van der Waals surface area contributed by atoms with Gasteiger partial charge in [0.05, 0.1) is 20.3 Å². The maximum absolute atomic E-state index is 13.9. The van der Waals surface area contributed by atoms with Gasteiger partial charge in [-0.3, -0.25) is 4.79 Å². The smallest absolute Gasteiger partial charge is 0.407 e. The minimum absolute atomic E-state index is 0.0303. The van der Waals surface area contributed by atoms with Gasteiger partial charge in [-0.1, -0.05) is 84.9 Å². The van der Waals surface area contributed by atoms with Crippen molar-refractivity contribution < 1.29 is 23.8 Å². The molecule has 1 N–H and O–H groups in total. The van der Waals surface area contributed by atoms with E-state index >= 15 is 0 Å². The van der Waals surface area contributed by atoms with Gasteiger partial charge in [-0.25, -0.2) is 4.79 Å². The highest BCUT2D eigenvalue weighted by Gasteiger charge is 2.31. The van der Waals surface area contributed by atoms with E-state index in [4.69, 9.17) is 14.2 Å². The fourth-order valence-corrected chi connectivity index (χ4v) is 6.17. The average molecular weight is 589 g/mol. The molecular weight excluding hydrogens is 552 g/mol. The number of carbonyl (C=O) groups excluding carboxylic acids is 2. The minimum Gasteiger partial charge on any atom is -0.497 e. The van der Waals surface area contributed by atoms with Crippen LogP contribution in [0.4, 0.5) is 4.79 Å². The second-order valence-corrected chi connectivity index (χ2v) is 11.1. The highest BCUT2D eigenvalue weighted by molar-refractivity contribution is 5.80. The van der Waals surface area contributed by atoms with Crippen LogP contribution < -0.4 is 14.8 Å². The maximum Gasteiger partial charge on any atom is 0.407 e. The number of amides is 2. The van der Waals surface area contributed by atoms with E-state index in [2.05, 4.69) is 29.6 Å². The first-order chi connectivity index (χ1) is 21.5. The predicted molar refractivity (Wildman–Crippen MR) is 170 cm³/mol. The standard InChI is InChI=1S/C37H36N2O5/c1-42-28-18-14-25(15-19-28)23-39-35(26-16-20-29(43-2)21-17-26)13-7-8-27(22-36(39)40)38-37(41)44-24-34-32-11-5-3-9-30(32)31-10-4-6-12-33(31)34/h3-7,9-21,27,34-35H,8,22-24H2,1-2H3,(H,38,41)/b13-7-/t27-,35+/m0/s1. The van der Waals surface area contributed by atoms with Gasteiger partial charge in [0.25, 0.3) is 0 Å². The number of nitrogens with one attached hydrogen (secondary N) is 1. The van der Waals surface area contributed by atoms with Gasteiger partial charge in [-0.2, -0.15) is 0 Å². The lowest BCUT2D eigenvalue weighted by molar-refractivity contribution is -0.134. The molecule has 0 spiro atoms. The molecule has 0 radical (unpaired) electrons. The first-order valence-electron chi connectivity index (χ1n) is 14.9. The molecule has 0 aromatic heterocycles. The zero-order valence-corrected chi connectivity index (χ0v) is 24.9. The average Bonchev–Trinajstić information content (AvgIpc) is 3.38. The van der Waals surface area contributed by atoms with Crippen LogP contribution in [0.15, 0.2) is 109 Å². The summed E-state index contributed by atoms with van der Waals surface area (Å²) >= 11 is 0. The number of ether oxygens (including phenoxy) is 3. The monoisotopic (exact) mass is 588 g/mol. The number of benzene rings is 4. The number of hydrogen-bond donors (Lipinski definition) is 1. The van der Waals surface area contributed by atoms with E-state index in [9.17, 15) is 9.59 Å². The van der Waals surface area contributed by atoms with Gasteiger partial charge in [-0.15, -0.1) is 0 Å². The third kappa shape index (κ3) is 6.18. The lowest BCUT2D eigenvalue weighted by Gasteiger charge is -2.33. The van der Waals surface area contributed by atoms with E-state index < -0.39 is 12.1 Å². The predicted octanol–water partition coefficient (Wildman–Crippen LogP) is 7.03. The number of hydrogen-bond acceptors (Lipinski definition) is 5. The number of methoxy groups -OCH3 is 2. The molecule has 44 heavy (non-hydrogen) atoms. The van der Waals surface area contributed by atoms with Crippen molar-refractivity contribution in [3.05, 3.63) is 131 Å². The van der Waals surface area contributed by atoms with Crippen LogP contribution in [0.25, 0.3) is 11.1 Å². The molecule has 6 rings (SSSR count). The van der Waals surface area contributed by atoms with Crippen molar-refractivity contribution >= 4 is 12.0 Å². The Morgan fingerprint density at radius 1 is 0.818 bits per heavy atom. The summed E-state index contributed by atoms with van der Waals surface area (Å²) in [5.74, 6) is 1.42. The molecule has 2 amide bonds. The Balaban J connectivity index is 1.17. The Labute approximate surface area is 258 Å². The topological polar surface area (TPSA) is 77.1 Å². The summed E-state index contributed by atoms with van der Waals surface area (Å²) < 4.78 is 16.4. The van der Waals surface area contributed by atoms with E-state index in [1.54, 1.807) is 14.2 Å². The summed E-state index contributed by atoms with van der Waals surface area (Å²) in [6, 6.07) is 31.3. The lowest BCUT2D eigenvalue weighted by Crippen LogP contribution is -2.43. The molecule has 2 atom stereocenters. The van der Waals surface area contributed by atoms with Gasteiger partial charge in [0, 0.05) is 24.9 Å². The molecule has 0 saturated carbocycles. The third-order valence-corrected chi connectivity index (χ3v) is 8.45. The Morgan fingerprint density at radius 3 is 2.02 bits per heavy atom. The molecule has 4 aromatic carbocycles. The van der Waals surface area contributed by atoms with Crippen molar-refractivity contribution in [1.29, 1.82) is 0 Å². The van der Waals surface area contributed by atoms with Crippen molar-refractivity contribution in [2.24, 2.45) is 0 Å². The fraction of sp³-hybridized carbons (Fsp3) is 0.243. The van der Waals surface area contributed by atoms with Crippen LogP contribution in [0.2, 0.25) is 0 Å². The molecule has 7 nitrogen and oxygen atoms in total. The Morgan fingerprint density at radius 2 is 1.41 bits per heavy atom. The molecule has 4 aromatic rings. The van der Waals surface area contributed by atoms with E-state index in [0.29, 0.717) is 13.0 Å². The summed E-state index contributed by atoms with van der Waals surface area (Å²) in [7, 11) is 3.26. The highest BCUT2D eigenvalue weighted by atomic mass is 16.5. The lowest BCUT2D eigenvalue weighted by atomic mass is 9.98. The van der Waals surface area contributed by atoms with Crippen molar-refractivity contribution in [3.63, 3.8) is 0 Å². The van der Waals surface area contributed by atoms with Crippen LogP contribution in [-0.2, 0) is 16.1 Å². The van der Waals surface area contributed by atoms with Crippen molar-refractivity contribution in [2.75, 3.05) is 20.8 Å². The van der Waals surface area contributed by atoms with Gasteiger partial charge >= 0.3 is 6.09 Å². The first kappa shape index (κ1) is 29.1. The molecule has 7 heteroatoms. The normalized spacial score (nSPS) is 18.4. The quantitative estimate of drug-likeness (QED) is 0.224. The SMILES string of the molecule is COc1ccc(CN2C(=O)C[C@@H](NC(=O)OCC3c4ccccc4-c4ccccc43)C/C=C\[C@@H]2c2ccc(OC)cc2)cc1. The van der Waals surface area contributed by atoms with Crippen LogP contribution in [0.1, 0.15) is 47.1 Å². The zero-order valence-electron chi connectivity index (χ0n) is 24.9. The van der Waals surface area contributed by atoms with Crippen molar-refractivity contribution in [3.8, 4) is 22.6 Å². The molecule has 2 aliphatic rings. The summed E-state index contributed by atoms with van der Waals surface area (Å²) in [5.41, 5.74) is 6.63. The fourth-order valence-electron chi connectivity index (χ4n) is 6.17. The molecule has 0 saturated heterocycles. The number of carbonyl (C=O) groups is 2. The Bertz CT molecular complexity index is 1600. The largest absolute Gasteiger partial charge is 0.497 e. The molecule has 0 bridgehead atoms. The molecule has 1 aliphatic carbocycles. The maximum atomic E-state index is 13.9. The van der Waals surface area contributed by atoms with Gasteiger partial charge in [-0.05, 0) is 64.1 Å². The molecule has 0 fully saturated rings. The van der Waals surface area contributed by atoms with E-state index in [-0.39, 0.29) is 30.9 Å². The van der Waals surface area contributed by atoms with E-state index in [1.165, 1.54) is 11.1 Å². The molecule has 1 aliphatic heterocycles. The second-order valence-electron chi connectivity index (χ2n) is 11.1. The molecular formula is C37H36N2O5. The molecule has 224 valence electrons. The van der Waals surface area contributed by atoms with Gasteiger partial charge in [0.1, 0.15) is 18.1 Å². The Hall–Kier alpha value is -5.04. The van der Waals surface area contributed by atoms with Crippen LogP contribution in [0.5, 0.6) is 11.5 Å². The summed E-state index contributed by atoms with van der Waals surface area (Å²) in [6.07, 6.45) is 4.22. The van der Waals surface area contributed by atoms with Gasteiger partial charge in [0.15, 0.2) is 0 Å². The second kappa shape index (κ2) is 13.1. The third-order valence-electron chi connectivity index (χ3n) is 8.45. The number of alkyl carbamates (subject to hydrolysis) is 1. The molecule has 0 unspecified atom stereocenters. The van der Waals surface area contributed by atoms with Crippen LogP contribution >= 0.6 is 0 Å². The summed E-state index contributed by atoms with van der Waals surface area (Å²) in [4.78, 5) is 28.8. The van der Waals surface area contributed by atoms with Gasteiger partial charge < -0.3 is 24.4 Å². The van der Waals surface area contributed by atoms with Crippen LogP contribution in [0.3, 0.4) is 0 Å². The van der Waals surface area contributed by atoms with Gasteiger partial charge in [0.2, 0.25) is 5.91 Å². The van der Waals surface area contributed by atoms with Crippen molar-refractivity contribution in [2.45, 2.75) is 37.4 Å².